The van der Waals surface area contributed by atoms with Gasteiger partial charge in [-0.15, -0.1) is 10.6 Å². The van der Waals surface area contributed by atoms with E-state index < -0.39 is 0 Å². The van der Waals surface area contributed by atoms with Crippen LogP contribution in [0.2, 0.25) is 0 Å². The highest BCUT2D eigenvalue weighted by molar-refractivity contribution is 7.87. The first kappa shape index (κ1) is 31.4. The molecule has 0 saturated heterocycles. The fourth-order valence-corrected chi connectivity index (χ4v) is 10.6. The summed E-state index contributed by atoms with van der Waals surface area (Å²) in [5, 5.41) is 17.1. The van der Waals surface area contributed by atoms with E-state index in [-0.39, 0.29) is 16.5 Å². The zero-order valence-electron chi connectivity index (χ0n) is 30.2. The molecule has 0 spiro atoms. The predicted molar refractivity (Wildman–Crippen MR) is 235 cm³/mol. The molecule has 2 bridgehead atoms. The van der Waals surface area contributed by atoms with Crippen LogP contribution in [0.25, 0.3) is 71.0 Å². The minimum absolute atomic E-state index is 0.128. The average Bonchev–Trinajstić information content (AvgIpc) is 3.73. The summed E-state index contributed by atoms with van der Waals surface area (Å²) in [4.78, 5) is 12.1. The van der Waals surface area contributed by atoms with Crippen LogP contribution in [-0.4, -0.2) is 23.6 Å². The number of rotatable bonds is 4. The summed E-state index contributed by atoms with van der Waals surface area (Å²) < 4.78 is 6.61. The molecule has 1 N–H and O–H groups in total. The van der Waals surface area contributed by atoms with Crippen LogP contribution in [-0.2, 0) is 10.3 Å². The standard InChI is InChI=1S/C51H32N3OS/c1-3-12-34-25-36(19-17-31(34)9-1)43-28-39(29-45-48(43)42-15-7-8-16-44(42)55-45)51-53-49(37-20-18-32-10-2-4-13-35(32)26-37)52-50(54-51)38-23-24-56-30-40(27-38)47-41-14-6-5-11-33(41)21-22-46(47)56/h1-23,25-29,50H,30H2,(H,52,53,54)/q-1. The maximum absolute atomic E-state index is 6.61. The molecule has 5 heteroatoms. The number of hydrogen-bond acceptors (Lipinski definition) is 5. The summed E-state index contributed by atoms with van der Waals surface area (Å²) in [6.07, 6.45) is 4.13. The molecule has 0 amide bonds. The first-order valence-corrected chi connectivity index (χ1v) is 20.4. The van der Waals surface area contributed by atoms with Gasteiger partial charge in [-0.05, 0) is 85.4 Å². The lowest BCUT2D eigenvalue weighted by Gasteiger charge is -2.25. The van der Waals surface area contributed by atoms with Crippen LogP contribution in [0, 0.1) is 5.18 Å². The number of nitrogens with one attached hydrogen (secondary N) is 1. The van der Waals surface area contributed by atoms with Gasteiger partial charge in [0.1, 0.15) is 23.2 Å². The Balaban J connectivity index is 1.05. The van der Waals surface area contributed by atoms with Crippen LogP contribution in [0.3, 0.4) is 0 Å². The third-order valence-electron chi connectivity index (χ3n) is 11.4. The van der Waals surface area contributed by atoms with Gasteiger partial charge in [0.2, 0.25) is 0 Å². The predicted octanol–water partition coefficient (Wildman–Crippen LogP) is 11.8. The SMILES string of the molecule is C1#[S-]2CC(=CC(C3N=C(c4ccc5ccccc5c4)N=C(c4cc(-c5ccc6ccccc6c5)c5c(c4)oc4ccccc45)N3)=C1)c1c2ccc2ccccc12. The van der Waals surface area contributed by atoms with E-state index in [0.717, 1.165) is 66.7 Å². The van der Waals surface area contributed by atoms with E-state index in [1.54, 1.807) is 0 Å². The molecule has 12 rings (SSSR count). The molecule has 1 aromatic heterocycles. The zero-order chi connectivity index (χ0) is 36.7. The number of amidine groups is 2. The zero-order valence-corrected chi connectivity index (χ0v) is 31.0. The molecule has 0 aliphatic carbocycles. The topological polar surface area (TPSA) is 49.9 Å². The van der Waals surface area contributed by atoms with E-state index in [9.17, 15) is 0 Å². The summed E-state index contributed by atoms with van der Waals surface area (Å²) >= 11 is 0. The normalized spacial score (nSPS) is 16.5. The van der Waals surface area contributed by atoms with Gasteiger partial charge in [0.25, 0.3) is 0 Å². The van der Waals surface area contributed by atoms with E-state index in [2.05, 4.69) is 168 Å². The highest BCUT2D eigenvalue weighted by atomic mass is 32.2. The number of fused-ring (bicyclic) bond motifs is 12. The number of nitrogens with zero attached hydrogens (tertiary/aromatic N) is 2. The Bertz CT molecular complexity index is 3400. The van der Waals surface area contributed by atoms with Crippen molar-refractivity contribution in [3.05, 3.63) is 192 Å². The van der Waals surface area contributed by atoms with Gasteiger partial charge in [-0.1, -0.05) is 139 Å². The fourth-order valence-electron chi connectivity index (χ4n) is 8.65. The molecular formula is C51H32N3OS-. The molecule has 4 nitrogen and oxygen atoms in total. The van der Waals surface area contributed by atoms with E-state index in [1.807, 2.05) is 12.1 Å². The fraction of sp³-hybridized carbons (Fsp3) is 0.0392. The lowest BCUT2D eigenvalue weighted by molar-refractivity contribution is 0.668. The Labute approximate surface area is 325 Å². The van der Waals surface area contributed by atoms with E-state index in [1.165, 1.54) is 43.0 Å². The van der Waals surface area contributed by atoms with Crippen molar-refractivity contribution in [1.82, 2.24) is 5.32 Å². The summed E-state index contributed by atoms with van der Waals surface area (Å²) in [6.45, 7) is 0. The van der Waals surface area contributed by atoms with E-state index in [4.69, 9.17) is 14.4 Å². The summed E-state index contributed by atoms with van der Waals surface area (Å²) in [6, 6.07) is 56.1. The van der Waals surface area contributed by atoms with Crippen molar-refractivity contribution in [2.75, 3.05) is 5.75 Å². The van der Waals surface area contributed by atoms with Gasteiger partial charge in [0.05, 0.1) is 0 Å². The lowest BCUT2D eigenvalue weighted by atomic mass is 9.94. The largest absolute Gasteiger partial charge is 0.456 e. The van der Waals surface area contributed by atoms with Crippen molar-refractivity contribution in [3.63, 3.8) is 0 Å². The number of aliphatic imine (C=N–C) groups is 2. The van der Waals surface area contributed by atoms with Crippen LogP contribution >= 0.6 is 0 Å². The maximum Gasteiger partial charge on any atom is 0.159 e. The molecule has 56 heavy (non-hydrogen) atoms. The second-order valence-electron chi connectivity index (χ2n) is 14.7. The molecule has 3 aliphatic heterocycles. The molecule has 1 atom stereocenters. The average molecular weight is 735 g/mol. The minimum Gasteiger partial charge on any atom is -0.456 e. The molecule has 9 aromatic rings. The van der Waals surface area contributed by atoms with Gasteiger partial charge in [-0.25, -0.2) is 9.98 Å². The molecule has 264 valence electrons. The highest BCUT2D eigenvalue weighted by Gasteiger charge is 2.26. The number of allylic oxidation sites excluding steroid dienone is 1. The molecule has 0 fully saturated rings. The van der Waals surface area contributed by atoms with Gasteiger partial charge in [-0.2, -0.15) is 0 Å². The highest BCUT2D eigenvalue weighted by Crippen LogP contribution is 2.41. The van der Waals surface area contributed by atoms with Gasteiger partial charge >= 0.3 is 0 Å². The van der Waals surface area contributed by atoms with Gasteiger partial charge in [0, 0.05) is 27.5 Å². The molecule has 1 unspecified atom stereocenters. The minimum atomic E-state index is -0.387. The Hall–Kier alpha value is -6.91. The molecule has 0 saturated carbocycles. The van der Waals surface area contributed by atoms with Gasteiger partial charge in [-0.3, -0.25) is 5.18 Å². The van der Waals surface area contributed by atoms with E-state index >= 15 is 0 Å². The van der Waals surface area contributed by atoms with Crippen molar-refractivity contribution in [3.8, 4) is 16.3 Å². The summed E-state index contributed by atoms with van der Waals surface area (Å²) in [5.41, 5.74) is 9.58. The first-order valence-electron chi connectivity index (χ1n) is 19.0. The molecule has 0 radical (unpaired) electrons. The van der Waals surface area contributed by atoms with Crippen LogP contribution in [0.1, 0.15) is 16.7 Å². The van der Waals surface area contributed by atoms with Crippen LogP contribution < -0.4 is 5.32 Å². The Morgan fingerprint density at radius 3 is 2.11 bits per heavy atom. The Kier molecular flexibility index (Phi) is 6.91. The second-order valence-corrected chi connectivity index (χ2v) is 16.5. The summed E-state index contributed by atoms with van der Waals surface area (Å²) in [7, 11) is -0.128. The maximum atomic E-state index is 6.61. The quantitative estimate of drug-likeness (QED) is 0.183. The Morgan fingerprint density at radius 2 is 1.29 bits per heavy atom. The third-order valence-corrected chi connectivity index (χ3v) is 13.2. The first-order chi connectivity index (χ1) is 27.7. The van der Waals surface area contributed by atoms with Crippen LogP contribution in [0.15, 0.2) is 195 Å². The number of hydrogen-bond donors (Lipinski definition) is 1. The number of para-hydroxylation sites is 1. The van der Waals surface area contributed by atoms with Crippen molar-refractivity contribution in [1.29, 1.82) is 0 Å². The van der Waals surface area contributed by atoms with Crippen molar-refractivity contribution >= 4 is 81.8 Å². The van der Waals surface area contributed by atoms with Gasteiger partial charge < -0.3 is 20.0 Å². The summed E-state index contributed by atoms with van der Waals surface area (Å²) in [5.74, 6) is 2.39. The molecule has 4 heterocycles. The van der Waals surface area contributed by atoms with E-state index in [0.29, 0.717) is 5.84 Å². The monoisotopic (exact) mass is 734 g/mol. The van der Waals surface area contributed by atoms with Crippen molar-refractivity contribution < 1.29 is 4.42 Å². The number of benzene rings is 8. The molecular weight excluding hydrogens is 703 g/mol. The molecule has 8 aromatic carbocycles. The van der Waals surface area contributed by atoms with Crippen molar-refractivity contribution in [2.24, 2.45) is 9.98 Å². The molecule has 3 aliphatic rings. The lowest BCUT2D eigenvalue weighted by Crippen LogP contribution is -2.40. The second kappa shape index (κ2) is 12.3. The van der Waals surface area contributed by atoms with Gasteiger partial charge in [0.15, 0.2) is 5.84 Å². The third kappa shape index (κ3) is 5.03. The van der Waals surface area contributed by atoms with Crippen LogP contribution in [0.5, 0.6) is 0 Å². The number of furan rings is 1. The van der Waals surface area contributed by atoms with Crippen molar-refractivity contribution in [2.45, 2.75) is 11.1 Å². The Morgan fingerprint density at radius 1 is 0.607 bits per heavy atom. The smallest absolute Gasteiger partial charge is 0.159 e. The van der Waals surface area contributed by atoms with Crippen LogP contribution in [0.4, 0.5) is 0 Å².